The smallest absolute Gasteiger partial charge is 0.156 e. The van der Waals surface area contributed by atoms with Crippen molar-refractivity contribution in [3.63, 3.8) is 0 Å². The Morgan fingerprint density at radius 3 is 2.62 bits per heavy atom. The molecule has 106 valence electrons. The van der Waals surface area contributed by atoms with E-state index in [9.17, 15) is 4.39 Å². The Balaban J connectivity index is 2.29. The summed E-state index contributed by atoms with van der Waals surface area (Å²) in [6, 6.07) is 12.6. The largest absolute Gasteiger partial charge is 0.368 e. The molecule has 5 heteroatoms. The maximum atomic E-state index is 14.1. The maximum absolute atomic E-state index is 14.1. The summed E-state index contributed by atoms with van der Waals surface area (Å²) in [7, 11) is 0. The van der Waals surface area contributed by atoms with Gasteiger partial charge in [-0.3, -0.25) is 0 Å². The van der Waals surface area contributed by atoms with Crippen LogP contribution in [0.1, 0.15) is 6.92 Å². The minimum atomic E-state index is -0.311. The number of rotatable bonds is 3. The second-order valence-corrected chi connectivity index (χ2v) is 5.51. The zero-order chi connectivity index (χ0) is 14.8. The fourth-order valence-electron chi connectivity index (χ4n) is 2.28. The summed E-state index contributed by atoms with van der Waals surface area (Å²) in [4.78, 5) is 0. The number of fused-ring (bicyclic) bond motifs is 1. The summed E-state index contributed by atoms with van der Waals surface area (Å²) in [6.07, 6.45) is 0. The molecule has 0 radical (unpaired) electrons. The molecule has 21 heavy (non-hydrogen) atoms. The first-order valence-corrected chi connectivity index (χ1v) is 7.44. The van der Waals surface area contributed by atoms with Gasteiger partial charge in [0.15, 0.2) is 5.82 Å². The zero-order valence-corrected chi connectivity index (χ0v) is 13.0. The molecule has 0 saturated carbocycles. The second-order valence-electron chi connectivity index (χ2n) is 4.60. The zero-order valence-electron chi connectivity index (χ0n) is 11.4. The molecular formula is C16H13BrFN3. The Bertz CT molecular complexity index is 805. The molecule has 0 unspecified atom stereocenters. The van der Waals surface area contributed by atoms with Crippen LogP contribution in [0.3, 0.4) is 0 Å². The third-order valence-electron chi connectivity index (χ3n) is 3.22. The van der Waals surface area contributed by atoms with Crippen molar-refractivity contribution in [1.82, 2.24) is 10.2 Å². The first-order chi connectivity index (χ1) is 10.2. The molecule has 0 bridgehead atoms. The monoisotopic (exact) mass is 345 g/mol. The van der Waals surface area contributed by atoms with Crippen molar-refractivity contribution in [3.05, 3.63) is 52.8 Å². The number of halogens is 2. The van der Waals surface area contributed by atoms with Gasteiger partial charge in [0.1, 0.15) is 11.5 Å². The van der Waals surface area contributed by atoms with Gasteiger partial charge in [-0.15, -0.1) is 10.2 Å². The van der Waals surface area contributed by atoms with Crippen LogP contribution in [0, 0.1) is 5.82 Å². The molecule has 3 rings (SSSR count). The molecule has 3 nitrogen and oxygen atoms in total. The lowest BCUT2D eigenvalue weighted by Crippen LogP contribution is -2.03. The van der Waals surface area contributed by atoms with Crippen LogP contribution in [0.25, 0.3) is 22.0 Å². The lowest BCUT2D eigenvalue weighted by molar-refractivity contribution is 0.630. The van der Waals surface area contributed by atoms with Crippen LogP contribution >= 0.6 is 15.9 Å². The van der Waals surface area contributed by atoms with Crippen LogP contribution in [0.15, 0.2) is 46.9 Å². The number of nitrogens with one attached hydrogen (secondary N) is 1. The normalized spacial score (nSPS) is 10.8. The maximum Gasteiger partial charge on any atom is 0.156 e. The first kappa shape index (κ1) is 13.9. The molecule has 1 N–H and O–H groups in total. The number of aromatic nitrogens is 2. The average Bonchev–Trinajstić information content (AvgIpc) is 2.51. The van der Waals surface area contributed by atoms with Crippen molar-refractivity contribution in [3.8, 4) is 11.3 Å². The van der Waals surface area contributed by atoms with E-state index in [-0.39, 0.29) is 5.82 Å². The van der Waals surface area contributed by atoms with Crippen molar-refractivity contribution >= 4 is 32.5 Å². The van der Waals surface area contributed by atoms with Crippen LogP contribution in [0.4, 0.5) is 10.2 Å². The van der Waals surface area contributed by atoms with Crippen molar-refractivity contribution in [1.29, 1.82) is 0 Å². The highest BCUT2D eigenvalue weighted by atomic mass is 79.9. The van der Waals surface area contributed by atoms with E-state index in [2.05, 4.69) is 31.4 Å². The molecule has 0 aliphatic rings. The van der Waals surface area contributed by atoms with E-state index < -0.39 is 0 Å². The van der Waals surface area contributed by atoms with Gasteiger partial charge >= 0.3 is 0 Å². The van der Waals surface area contributed by atoms with Gasteiger partial charge in [-0.05, 0) is 25.1 Å². The van der Waals surface area contributed by atoms with Gasteiger partial charge in [0.2, 0.25) is 0 Å². The van der Waals surface area contributed by atoms with E-state index in [1.165, 1.54) is 6.07 Å². The number of anilines is 1. The summed E-state index contributed by atoms with van der Waals surface area (Å²) in [5, 5.41) is 13.4. The molecule has 0 aliphatic heterocycles. The topological polar surface area (TPSA) is 37.8 Å². The Morgan fingerprint density at radius 2 is 1.86 bits per heavy atom. The summed E-state index contributed by atoms with van der Waals surface area (Å²) in [6.45, 7) is 2.75. The molecular weight excluding hydrogens is 333 g/mol. The first-order valence-electron chi connectivity index (χ1n) is 6.65. The number of hydrogen-bond donors (Lipinski definition) is 1. The molecule has 0 spiro atoms. The molecule has 0 saturated heterocycles. The van der Waals surface area contributed by atoms with E-state index in [0.717, 1.165) is 21.8 Å². The molecule has 3 aromatic rings. The quantitative estimate of drug-likeness (QED) is 0.751. The lowest BCUT2D eigenvalue weighted by atomic mass is 10.0. The van der Waals surface area contributed by atoms with E-state index in [1.807, 2.05) is 31.2 Å². The average molecular weight is 346 g/mol. The van der Waals surface area contributed by atoms with Gasteiger partial charge in [0.25, 0.3) is 0 Å². The van der Waals surface area contributed by atoms with Gasteiger partial charge in [-0.2, -0.15) is 0 Å². The van der Waals surface area contributed by atoms with Gasteiger partial charge < -0.3 is 5.32 Å². The molecule has 0 atom stereocenters. The van der Waals surface area contributed by atoms with E-state index in [0.29, 0.717) is 17.1 Å². The van der Waals surface area contributed by atoms with Crippen LogP contribution in [0.2, 0.25) is 0 Å². The highest BCUT2D eigenvalue weighted by Gasteiger charge is 2.14. The van der Waals surface area contributed by atoms with Crippen molar-refractivity contribution in [2.75, 3.05) is 11.9 Å². The minimum absolute atomic E-state index is 0.311. The van der Waals surface area contributed by atoms with E-state index in [1.54, 1.807) is 12.1 Å². The highest BCUT2D eigenvalue weighted by molar-refractivity contribution is 9.10. The molecule has 2 aromatic carbocycles. The Morgan fingerprint density at radius 1 is 1.10 bits per heavy atom. The molecule has 1 heterocycles. The van der Waals surface area contributed by atoms with Gasteiger partial charge in [-0.1, -0.05) is 40.2 Å². The molecule has 1 aromatic heterocycles. The van der Waals surface area contributed by atoms with Crippen LogP contribution in [-0.4, -0.2) is 16.7 Å². The summed E-state index contributed by atoms with van der Waals surface area (Å²) in [5.74, 6) is 0.404. The van der Waals surface area contributed by atoms with Gasteiger partial charge in [0.05, 0.1) is 0 Å². The fraction of sp³-hybridized carbons (Fsp3) is 0.125. The predicted molar refractivity (Wildman–Crippen MR) is 86.8 cm³/mol. The second kappa shape index (κ2) is 5.77. The Kier molecular flexibility index (Phi) is 3.84. The number of benzene rings is 2. The van der Waals surface area contributed by atoms with Crippen LogP contribution < -0.4 is 5.32 Å². The third kappa shape index (κ3) is 2.61. The summed E-state index contributed by atoms with van der Waals surface area (Å²) >= 11 is 3.37. The molecule has 0 aliphatic carbocycles. The Labute approximate surface area is 130 Å². The van der Waals surface area contributed by atoms with Gasteiger partial charge in [0, 0.05) is 27.4 Å². The fourth-order valence-corrected chi connectivity index (χ4v) is 2.64. The SMILES string of the molecule is CCNc1nnc(-c2cc(Br)ccc2F)c2ccccc12. The van der Waals surface area contributed by atoms with Crippen molar-refractivity contribution in [2.24, 2.45) is 0 Å². The van der Waals surface area contributed by atoms with Crippen LogP contribution in [0.5, 0.6) is 0 Å². The summed E-state index contributed by atoms with van der Waals surface area (Å²) in [5.41, 5.74) is 0.988. The standard InChI is InChI=1S/C16H13BrFN3/c1-2-19-16-12-6-4-3-5-11(12)15(20-21-16)13-9-10(17)7-8-14(13)18/h3-9H,2H2,1H3,(H,19,21). The molecule has 0 amide bonds. The van der Waals surface area contributed by atoms with E-state index >= 15 is 0 Å². The van der Waals surface area contributed by atoms with Crippen molar-refractivity contribution < 1.29 is 4.39 Å². The lowest BCUT2D eigenvalue weighted by Gasteiger charge is -2.10. The highest BCUT2D eigenvalue weighted by Crippen LogP contribution is 2.32. The predicted octanol–water partition coefficient (Wildman–Crippen LogP) is 4.63. The molecule has 0 fully saturated rings. The number of nitrogens with zero attached hydrogens (tertiary/aromatic N) is 2. The Hall–Kier alpha value is -2.01. The van der Waals surface area contributed by atoms with Gasteiger partial charge in [-0.25, -0.2) is 4.39 Å². The third-order valence-corrected chi connectivity index (χ3v) is 3.71. The number of hydrogen-bond acceptors (Lipinski definition) is 3. The summed E-state index contributed by atoms with van der Waals surface area (Å²) < 4.78 is 14.9. The minimum Gasteiger partial charge on any atom is -0.368 e. The van der Waals surface area contributed by atoms with Crippen molar-refractivity contribution in [2.45, 2.75) is 6.92 Å². The van der Waals surface area contributed by atoms with Crippen LogP contribution in [-0.2, 0) is 0 Å². The van der Waals surface area contributed by atoms with E-state index in [4.69, 9.17) is 0 Å².